The molecule has 1 saturated heterocycles. The summed E-state index contributed by atoms with van der Waals surface area (Å²) in [5, 5.41) is 1.48. The topological polar surface area (TPSA) is 42.4 Å². The zero-order valence-corrected chi connectivity index (χ0v) is 18.3. The number of thioether (sulfide) groups is 1. The molecular weight excluding hydrogens is 435 g/mol. The zero-order valence-electron chi connectivity index (χ0n) is 15.2. The predicted octanol–water partition coefficient (Wildman–Crippen LogP) is 6.15. The number of fused-ring (bicyclic) bond motifs is 1. The average Bonchev–Trinajstić information content (AvgIpc) is 3.34. The van der Waals surface area contributed by atoms with Crippen LogP contribution in [0.5, 0.6) is 0 Å². The molecule has 0 radical (unpaired) electrons. The summed E-state index contributed by atoms with van der Waals surface area (Å²) in [5.41, 5.74) is 1.29. The average molecular weight is 453 g/mol. The van der Waals surface area contributed by atoms with E-state index in [0.717, 1.165) is 29.7 Å². The fourth-order valence-electron chi connectivity index (χ4n) is 3.18. The van der Waals surface area contributed by atoms with Gasteiger partial charge in [0.1, 0.15) is 0 Å². The van der Waals surface area contributed by atoms with Gasteiger partial charge in [0.15, 0.2) is 5.13 Å². The Morgan fingerprint density at radius 2 is 2.18 bits per heavy atom. The number of benzene rings is 2. The lowest BCUT2D eigenvalue weighted by molar-refractivity contribution is 0.0917. The molecular formula is C20H18Cl2N2O2S2. The Morgan fingerprint density at radius 3 is 2.89 bits per heavy atom. The molecule has 1 aliphatic rings. The van der Waals surface area contributed by atoms with E-state index in [0.29, 0.717) is 27.3 Å². The first kappa shape index (κ1) is 20.0. The zero-order chi connectivity index (χ0) is 19.7. The number of carbonyl (C=O) groups excluding carboxylic acids is 1. The van der Waals surface area contributed by atoms with Gasteiger partial charge in [-0.3, -0.25) is 9.69 Å². The van der Waals surface area contributed by atoms with E-state index in [2.05, 4.69) is 6.07 Å². The van der Waals surface area contributed by atoms with Crippen molar-refractivity contribution in [2.24, 2.45) is 0 Å². The summed E-state index contributed by atoms with van der Waals surface area (Å²) in [6.45, 7) is 1.18. The lowest BCUT2D eigenvalue weighted by Crippen LogP contribution is -2.37. The lowest BCUT2D eigenvalue weighted by Gasteiger charge is -2.23. The molecule has 0 saturated carbocycles. The number of carbonyl (C=O) groups is 1. The molecule has 8 heteroatoms. The first-order valence-electron chi connectivity index (χ1n) is 8.88. The minimum atomic E-state index is -0.193. The fraction of sp³-hybridized carbons (Fsp3) is 0.300. The van der Waals surface area contributed by atoms with Gasteiger partial charge in [-0.05, 0) is 55.5 Å². The number of halogens is 2. The second kappa shape index (κ2) is 8.59. The van der Waals surface area contributed by atoms with Crippen LogP contribution in [0.15, 0.2) is 41.3 Å². The van der Waals surface area contributed by atoms with E-state index >= 15 is 0 Å². The molecule has 2 aromatic carbocycles. The van der Waals surface area contributed by atoms with Gasteiger partial charge >= 0.3 is 0 Å². The van der Waals surface area contributed by atoms with Crippen LogP contribution < -0.4 is 4.90 Å². The molecule has 0 N–H and O–H groups in total. The van der Waals surface area contributed by atoms with Crippen LogP contribution in [-0.2, 0) is 4.74 Å². The molecule has 4 nitrogen and oxygen atoms in total. The third-order valence-corrected chi connectivity index (χ3v) is 6.95. The second-order valence-corrected chi connectivity index (χ2v) is 9.24. The molecule has 0 spiro atoms. The van der Waals surface area contributed by atoms with Crippen molar-refractivity contribution in [2.75, 3.05) is 24.3 Å². The Bertz CT molecular complexity index is 1020. The van der Waals surface area contributed by atoms with E-state index in [9.17, 15) is 4.79 Å². The number of rotatable bonds is 5. The van der Waals surface area contributed by atoms with Crippen molar-refractivity contribution in [1.82, 2.24) is 4.98 Å². The molecule has 2 heterocycles. The molecule has 1 fully saturated rings. The van der Waals surface area contributed by atoms with Crippen LogP contribution in [0, 0.1) is 0 Å². The van der Waals surface area contributed by atoms with E-state index in [1.54, 1.807) is 34.9 Å². The summed E-state index contributed by atoms with van der Waals surface area (Å²) in [6.07, 6.45) is 3.98. The quantitative estimate of drug-likeness (QED) is 0.435. The molecule has 28 heavy (non-hydrogen) atoms. The van der Waals surface area contributed by atoms with Crippen LogP contribution >= 0.6 is 46.3 Å². The Labute approximate surface area is 181 Å². The Hall–Kier alpha value is -1.31. The second-order valence-electron chi connectivity index (χ2n) is 6.51. The highest BCUT2D eigenvalue weighted by Gasteiger charge is 2.28. The van der Waals surface area contributed by atoms with E-state index in [1.807, 2.05) is 18.4 Å². The van der Waals surface area contributed by atoms with Crippen LogP contribution in [-0.4, -0.2) is 36.4 Å². The maximum atomic E-state index is 13.4. The molecule has 1 unspecified atom stereocenters. The maximum absolute atomic E-state index is 13.4. The van der Waals surface area contributed by atoms with Crippen LogP contribution in [0.2, 0.25) is 10.0 Å². The smallest absolute Gasteiger partial charge is 0.261 e. The van der Waals surface area contributed by atoms with Crippen molar-refractivity contribution in [3.05, 3.63) is 52.0 Å². The highest BCUT2D eigenvalue weighted by molar-refractivity contribution is 7.98. The summed E-state index contributed by atoms with van der Waals surface area (Å²) in [6, 6.07) is 11.1. The van der Waals surface area contributed by atoms with Crippen LogP contribution in [0.25, 0.3) is 10.2 Å². The van der Waals surface area contributed by atoms with Gasteiger partial charge in [0.25, 0.3) is 5.91 Å². The van der Waals surface area contributed by atoms with Gasteiger partial charge in [-0.1, -0.05) is 34.5 Å². The molecule has 1 atom stereocenters. The van der Waals surface area contributed by atoms with Gasteiger partial charge in [-0.2, -0.15) is 0 Å². The number of ether oxygens (including phenoxy) is 1. The van der Waals surface area contributed by atoms with Crippen molar-refractivity contribution in [3.8, 4) is 0 Å². The van der Waals surface area contributed by atoms with Crippen molar-refractivity contribution in [2.45, 2.75) is 23.8 Å². The standard InChI is InChI=1S/C20H18Cl2N2O2S2/c1-27-14-5-7-17-18(10-14)28-20(23-17)24(11-13-3-2-8-26-13)19(25)15-6-4-12(21)9-16(15)22/h4-7,9-10,13H,2-3,8,11H2,1H3. The lowest BCUT2D eigenvalue weighted by atomic mass is 10.1. The van der Waals surface area contributed by atoms with E-state index < -0.39 is 0 Å². The van der Waals surface area contributed by atoms with Crippen LogP contribution in [0.3, 0.4) is 0 Å². The largest absolute Gasteiger partial charge is 0.376 e. The number of thiazole rings is 1. The van der Waals surface area contributed by atoms with Gasteiger partial charge in [0, 0.05) is 16.5 Å². The number of hydrogen-bond donors (Lipinski definition) is 0. The van der Waals surface area contributed by atoms with Crippen molar-refractivity contribution < 1.29 is 9.53 Å². The Morgan fingerprint density at radius 1 is 1.32 bits per heavy atom. The number of amides is 1. The number of nitrogens with zero attached hydrogens (tertiary/aromatic N) is 2. The molecule has 146 valence electrons. The van der Waals surface area contributed by atoms with E-state index in [-0.39, 0.29) is 12.0 Å². The van der Waals surface area contributed by atoms with Crippen molar-refractivity contribution >= 4 is 67.6 Å². The summed E-state index contributed by atoms with van der Waals surface area (Å²) < 4.78 is 6.83. The minimum absolute atomic E-state index is 0.00352. The number of anilines is 1. The summed E-state index contributed by atoms with van der Waals surface area (Å²) in [7, 11) is 0. The van der Waals surface area contributed by atoms with Crippen molar-refractivity contribution in [3.63, 3.8) is 0 Å². The Kier molecular flexibility index (Phi) is 6.13. The summed E-state index contributed by atoms with van der Waals surface area (Å²) in [5.74, 6) is -0.193. The number of hydrogen-bond acceptors (Lipinski definition) is 5. The molecule has 0 bridgehead atoms. The minimum Gasteiger partial charge on any atom is -0.376 e. The SMILES string of the molecule is CSc1ccc2nc(N(CC3CCCO3)C(=O)c3ccc(Cl)cc3Cl)sc2c1. The van der Waals surface area contributed by atoms with Gasteiger partial charge in [-0.25, -0.2) is 4.98 Å². The predicted molar refractivity (Wildman–Crippen MR) is 119 cm³/mol. The summed E-state index contributed by atoms with van der Waals surface area (Å²) in [4.78, 5) is 20.9. The number of aromatic nitrogens is 1. The maximum Gasteiger partial charge on any atom is 0.261 e. The molecule has 1 aliphatic heterocycles. The van der Waals surface area contributed by atoms with Gasteiger partial charge in [0.2, 0.25) is 0 Å². The van der Waals surface area contributed by atoms with Gasteiger partial charge in [-0.15, -0.1) is 11.8 Å². The van der Waals surface area contributed by atoms with Crippen LogP contribution in [0.1, 0.15) is 23.2 Å². The molecule has 1 amide bonds. The Balaban J connectivity index is 1.73. The third-order valence-electron chi connectivity index (χ3n) is 4.63. The van der Waals surface area contributed by atoms with Crippen molar-refractivity contribution in [1.29, 1.82) is 0 Å². The normalized spacial score (nSPS) is 16.6. The van der Waals surface area contributed by atoms with Gasteiger partial charge in [0.05, 0.1) is 33.5 Å². The molecule has 3 aromatic rings. The van der Waals surface area contributed by atoms with E-state index in [4.69, 9.17) is 32.9 Å². The summed E-state index contributed by atoms with van der Waals surface area (Å²) >= 11 is 15.5. The molecule has 0 aliphatic carbocycles. The molecule has 4 rings (SSSR count). The molecule has 1 aromatic heterocycles. The first-order valence-corrected chi connectivity index (χ1v) is 11.7. The highest BCUT2D eigenvalue weighted by atomic mass is 35.5. The van der Waals surface area contributed by atoms with Crippen LogP contribution in [0.4, 0.5) is 5.13 Å². The fourth-order valence-corrected chi connectivity index (χ4v) is 5.20. The highest BCUT2D eigenvalue weighted by Crippen LogP contribution is 2.34. The third kappa shape index (κ3) is 4.16. The first-order chi connectivity index (χ1) is 13.5. The van der Waals surface area contributed by atoms with Gasteiger partial charge < -0.3 is 4.74 Å². The van der Waals surface area contributed by atoms with E-state index in [1.165, 1.54) is 16.2 Å². The monoisotopic (exact) mass is 452 g/mol.